The Kier molecular flexibility index (Phi) is 16.2. The summed E-state index contributed by atoms with van der Waals surface area (Å²) < 4.78 is 39.3. The molecule has 0 heterocycles. The number of rotatable bonds is 22. The molecular weight excluding hydrogens is 736 g/mol. The fraction of sp³-hybridized carbons (Fsp3) is 0.400. The standard InChI is InChI=1S/C40H50O16/c1-50-31-16-23(5-9-27(31)46)38(47)35(19-42)55-29-11-7-25(18-33(29)52-3)40(49)37(21-44)56-30-12-8-24(17-34(30)53-4)39(48)36(20-43)54-28-10-6-22(15-32(28)51-2)26(45)13-14-41/h5-12,15-18,26,35-49H,13-14,19-21H2,1-4H3/t26-,35-,36-,37-,38+,39+,40+/m1/s1. The Labute approximate surface area is 323 Å². The Hall–Kier alpha value is -5.04. The normalized spacial score (nSPS) is 15.1. The number of phenolic OH excluding ortho intramolecular Hbond substituents is 1. The molecule has 0 unspecified atom stereocenters. The Morgan fingerprint density at radius 2 is 0.750 bits per heavy atom. The van der Waals surface area contributed by atoms with Gasteiger partial charge in [0.15, 0.2) is 64.3 Å². The van der Waals surface area contributed by atoms with Crippen molar-refractivity contribution < 1.29 is 79.1 Å². The van der Waals surface area contributed by atoms with Gasteiger partial charge in [-0.3, -0.25) is 0 Å². The van der Waals surface area contributed by atoms with Gasteiger partial charge in [-0.2, -0.15) is 0 Å². The molecule has 7 atom stereocenters. The third kappa shape index (κ3) is 10.4. The van der Waals surface area contributed by atoms with Crippen LogP contribution in [0.25, 0.3) is 0 Å². The quantitative estimate of drug-likeness (QED) is 0.0555. The maximum absolute atomic E-state index is 11.3. The number of hydrogen-bond acceptors (Lipinski definition) is 16. The Morgan fingerprint density at radius 1 is 0.429 bits per heavy atom. The van der Waals surface area contributed by atoms with Crippen LogP contribution in [0, 0.1) is 0 Å². The second-order valence-electron chi connectivity index (χ2n) is 12.5. The molecule has 306 valence electrons. The number of ether oxygens (including phenoxy) is 7. The lowest BCUT2D eigenvalue weighted by Crippen LogP contribution is -2.30. The zero-order valence-corrected chi connectivity index (χ0v) is 31.4. The smallest absolute Gasteiger partial charge is 0.161 e. The summed E-state index contributed by atoms with van der Waals surface area (Å²) >= 11 is 0. The average molecular weight is 787 g/mol. The van der Waals surface area contributed by atoms with Crippen LogP contribution in [0.4, 0.5) is 0 Å². The molecule has 0 aliphatic heterocycles. The van der Waals surface area contributed by atoms with E-state index in [1.807, 2.05) is 0 Å². The molecule has 0 saturated carbocycles. The number of hydrogen-bond donors (Lipinski definition) is 9. The van der Waals surface area contributed by atoms with Gasteiger partial charge in [-0.05, 0) is 70.8 Å². The Bertz CT molecular complexity index is 1840. The van der Waals surface area contributed by atoms with Crippen LogP contribution in [-0.4, -0.2) is 119 Å². The first-order valence-corrected chi connectivity index (χ1v) is 17.5. The van der Waals surface area contributed by atoms with Gasteiger partial charge in [0.1, 0.15) is 18.3 Å². The van der Waals surface area contributed by atoms with Gasteiger partial charge in [-0.1, -0.05) is 24.3 Å². The van der Waals surface area contributed by atoms with E-state index in [-0.39, 0.29) is 70.2 Å². The zero-order chi connectivity index (χ0) is 40.9. The molecule has 0 aliphatic carbocycles. The van der Waals surface area contributed by atoms with Gasteiger partial charge in [-0.15, -0.1) is 0 Å². The zero-order valence-electron chi connectivity index (χ0n) is 31.4. The molecule has 9 N–H and O–H groups in total. The largest absolute Gasteiger partial charge is 0.504 e. The SMILES string of the molecule is COc1cc([C@H](O)[C@@H](CO)Oc2ccc([C@H](O)[C@@H](CO)Oc3ccc([C@H](O)[C@@H](CO)Oc4ccc([C@H](O)CCO)cc4OC)cc3OC)cc2OC)ccc1O. The van der Waals surface area contributed by atoms with Gasteiger partial charge in [0.2, 0.25) is 0 Å². The van der Waals surface area contributed by atoms with Crippen molar-refractivity contribution in [1.82, 2.24) is 0 Å². The molecule has 0 amide bonds. The van der Waals surface area contributed by atoms with E-state index in [1.54, 1.807) is 6.07 Å². The minimum atomic E-state index is -1.42. The summed E-state index contributed by atoms with van der Waals surface area (Å²) in [6, 6.07) is 17.7. The van der Waals surface area contributed by atoms with E-state index in [9.17, 15) is 40.9 Å². The van der Waals surface area contributed by atoms with E-state index in [0.717, 1.165) is 0 Å². The van der Waals surface area contributed by atoms with Crippen LogP contribution in [0.1, 0.15) is 53.1 Å². The predicted octanol–water partition coefficient (Wildman–Crippen LogP) is 2.26. The molecule has 0 saturated heterocycles. The molecule has 16 nitrogen and oxygen atoms in total. The van der Waals surface area contributed by atoms with Crippen LogP contribution in [0.5, 0.6) is 46.0 Å². The second-order valence-corrected chi connectivity index (χ2v) is 12.5. The number of aliphatic hydroxyl groups excluding tert-OH is 8. The topological polar surface area (TPSA) is 247 Å². The summed E-state index contributed by atoms with van der Waals surface area (Å²) in [5, 5.41) is 93.2. The lowest BCUT2D eigenvalue weighted by Gasteiger charge is -2.27. The lowest BCUT2D eigenvalue weighted by atomic mass is 10.0. The summed E-state index contributed by atoms with van der Waals surface area (Å²) in [5.74, 6) is 0.925. The van der Waals surface area contributed by atoms with Gasteiger partial charge in [0.05, 0.1) is 54.4 Å². The summed E-state index contributed by atoms with van der Waals surface area (Å²) in [5.41, 5.74) is 1.34. The molecule has 4 aromatic carbocycles. The first-order valence-electron chi connectivity index (χ1n) is 17.5. The molecule has 0 aliphatic rings. The maximum atomic E-state index is 11.3. The third-order valence-electron chi connectivity index (χ3n) is 9.01. The van der Waals surface area contributed by atoms with Crippen molar-refractivity contribution in [3.8, 4) is 46.0 Å². The van der Waals surface area contributed by atoms with E-state index in [1.165, 1.54) is 95.2 Å². The molecule has 56 heavy (non-hydrogen) atoms. The molecule has 0 aromatic heterocycles. The first-order chi connectivity index (χ1) is 27.0. The number of aromatic hydroxyl groups is 1. The van der Waals surface area contributed by atoms with Crippen molar-refractivity contribution in [3.05, 3.63) is 95.1 Å². The van der Waals surface area contributed by atoms with Crippen LogP contribution >= 0.6 is 0 Å². The highest BCUT2D eigenvalue weighted by Gasteiger charge is 2.29. The Morgan fingerprint density at radius 3 is 1.09 bits per heavy atom. The molecule has 4 aromatic rings. The van der Waals surface area contributed by atoms with Crippen LogP contribution in [0.15, 0.2) is 72.8 Å². The van der Waals surface area contributed by atoms with Crippen LogP contribution in [-0.2, 0) is 0 Å². The maximum Gasteiger partial charge on any atom is 0.161 e. The van der Waals surface area contributed by atoms with Crippen molar-refractivity contribution in [1.29, 1.82) is 0 Å². The van der Waals surface area contributed by atoms with Crippen LogP contribution < -0.4 is 33.2 Å². The van der Waals surface area contributed by atoms with Gasteiger partial charge < -0.3 is 79.1 Å². The van der Waals surface area contributed by atoms with Gasteiger partial charge in [0, 0.05) is 13.0 Å². The highest BCUT2D eigenvalue weighted by Crippen LogP contribution is 2.39. The first kappa shape index (κ1) is 43.7. The number of aliphatic hydroxyl groups is 8. The summed E-state index contributed by atoms with van der Waals surface area (Å²) in [4.78, 5) is 0. The summed E-state index contributed by atoms with van der Waals surface area (Å²) in [6.45, 7) is -2.04. The third-order valence-corrected chi connectivity index (χ3v) is 9.01. The molecule has 0 radical (unpaired) electrons. The Balaban J connectivity index is 1.49. The van der Waals surface area contributed by atoms with Gasteiger partial charge in [-0.25, -0.2) is 0 Å². The van der Waals surface area contributed by atoms with Crippen molar-refractivity contribution >= 4 is 0 Å². The minimum absolute atomic E-state index is 0.110. The van der Waals surface area contributed by atoms with Crippen molar-refractivity contribution in [2.45, 2.75) is 49.1 Å². The monoisotopic (exact) mass is 786 g/mol. The van der Waals surface area contributed by atoms with Gasteiger partial charge in [0.25, 0.3) is 0 Å². The van der Waals surface area contributed by atoms with Gasteiger partial charge >= 0.3 is 0 Å². The second kappa shape index (κ2) is 20.8. The van der Waals surface area contributed by atoms with E-state index < -0.39 is 62.5 Å². The molecule has 4 rings (SSSR count). The van der Waals surface area contributed by atoms with Crippen molar-refractivity contribution in [3.63, 3.8) is 0 Å². The van der Waals surface area contributed by atoms with E-state index >= 15 is 0 Å². The number of methoxy groups -OCH3 is 4. The molecule has 0 bridgehead atoms. The van der Waals surface area contributed by atoms with E-state index in [0.29, 0.717) is 11.1 Å². The number of phenols is 1. The van der Waals surface area contributed by atoms with Crippen molar-refractivity contribution in [2.75, 3.05) is 54.9 Å². The van der Waals surface area contributed by atoms with Crippen LogP contribution in [0.2, 0.25) is 0 Å². The lowest BCUT2D eigenvalue weighted by molar-refractivity contribution is -0.00353. The van der Waals surface area contributed by atoms with E-state index in [4.69, 9.17) is 38.3 Å². The summed E-state index contributed by atoms with van der Waals surface area (Å²) in [7, 11) is 5.48. The average Bonchev–Trinajstić information content (AvgIpc) is 3.23. The summed E-state index contributed by atoms with van der Waals surface area (Å²) in [6.07, 6.45) is -8.50. The minimum Gasteiger partial charge on any atom is -0.504 e. The predicted molar refractivity (Wildman–Crippen MR) is 200 cm³/mol. The highest BCUT2D eigenvalue weighted by atomic mass is 16.6. The fourth-order valence-corrected chi connectivity index (χ4v) is 5.82. The molecular formula is C40H50O16. The number of benzene rings is 4. The highest BCUT2D eigenvalue weighted by molar-refractivity contribution is 5.47. The molecule has 0 fully saturated rings. The van der Waals surface area contributed by atoms with Crippen molar-refractivity contribution in [2.24, 2.45) is 0 Å². The fourth-order valence-electron chi connectivity index (χ4n) is 5.82. The van der Waals surface area contributed by atoms with Crippen LogP contribution in [0.3, 0.4) is 0 Å². The molecule has 16 heteroatoms. The van der Waals surface area contributed by atoms with E-state index in [2.05, 4.69) is 0 Å². The molecule has 0 spiro atoms.